The topological polar surface area (TPSA) is 35.2 Å². The lowest BCUT2D eigenvalue weighted by molar-refractivity contribution is 0.285. The van der Waals surface area contributed by atoms with Gasteiger partial charge in [0.25, 0.3) is 0 Å². The summed E-state index contributed by atoms with van der Waals surface area (Å²) >= 11 is 0. The van der Waals surface area contributed by atoms with Crippen LogP contribution in [0.5, 0.6) is 5.75 Å². The van der Waals surface area contributed by atoms with Crippen molar-refractivity contribution in [2.75, 3.05) is 13.2 Å². The zero-order valence-electron chi connectivity index (χ0n) is 8.16. The maximum atomic E-state index is 5.65. The van der Waals surface area contributed by atoms with E-state index in [1.807, 2.05) is 0 Å². The van der Waals surface area contributed by atoms with Gasteiger partial charge in [-0.05, 0) is 36.9 Å². The molecule has 1 aromatic carbocycles. The molecule has 14 heavy (non-hydrogen) atoms. The van der Waals surface area contributed by atoms with Gasteiger partial charge in [0, 0.05) is 0 Å². The van der Waals surface area contributed by atoms with Crippen molar-refractivity contribution >= 4 is 12.4 Å². The molecule has 0 bridgehead atoms. The molecule has 1 aliphatic heterocycles. The van der Waals surface area contributed by atoms with E-state index < -0.39 is 0 Å². The molecular weight excluding hydrogens is 198 g/mol. The third-order valence-electron chi connectivity index (χ3n) is 2.43. The van der Waals surface area contributed by atoms with Crippen LogP contribution < -0.4 is 10.5 Å². The van der Waals surface area contributed by atoms with Crippen LogP contribution in [0.15, 0.2) is 18.2 Å². The Kier molecular flexibility index (Phi) is 4.23. The van der Waals surface area contributed by atoms with Gasteiger partial charge in [0.05, 0.1) is 6.61 Å². The number of hydrogen-bond acceptors (Lipinski definition) is 2. The van der Waals surface area contributed by atoms with Gasteiger partial charge in [-0.2, -0.15) is 0 Å². The Morgan fingerprint density at radius 2 is 2.21 bits per heavy atom. The van der Waals surface area contributed by atoms with Gasteiger partial charge >= 0.3 is 0 Å². The Morgan fingerprint density at radius 3 is 3.00 bits per heavy atom. The van der Waals surface area contributed by atoms with Gasteiger partial charge in [-0.1, -0.05) is 18.2 Å². The molecule has 0 unspecified atom stereocenters. The summed E-state index contributed by atoms with van der Waals surface area (Å²) in [6, 6.07) is 6.35. The third kappa shape index (κ3) is 2.20. The first-order valence-corrected chi connectivity index (χ1v) is 4.85. The van der Waals surface area contributed by atoms with Gasteiger partial charge in [0.15, 0.2) is 0 Å². The number of para-hydroxylation sites is 1. The predicted octanol–water partition coefficient (Wildman–Crippen LogP) is 1.93. The van der Waals surface area contributed by atoms with E-state index in [2.05, 4.69) is 18.2 Å². The van der Waals surface area contributed by atoms with E-state index in [1.54, 1.807) is 0 Å². The molecule has 0 fully saturated rings. The van der Waals surface area contributed by atoms with Crippen LogP contribution in [0, 0.1) is 0 Å². The minimum Gasteiger partial charge on any atom is -0.493 e. The summed E-state index contributed by atoms with van der Waals surface area (Å²) < 4.78 is 5.65. The van der Waals surface area contributed by atoms with Crippen LogP contribution in [0.3, 0.4) is 0 Å². The summed E-state index contributed by atoms with van der Waals surface area (Å²) in [6.07, 6.45) is 3.20. The second-order valence-corrected chi connectivity index (χ2v) is 3.40. The van der Waals surface area contributed by atoms with Crippen molar-refractivity contribution < 1.29 is 4.74 Å². The molecule has 0 radical (unpaired) electrons. The normalized spacial score (nSPS) is 13.8. The third-order valence-corrected chi connectivity index (χ3v) is 2.43. The van der Waals surface area contributed by atoms with Gasteiger partial charge < -0.3 is 10.5 Å². The first kappa shape index (κ1) is 11.3. The number of ether oxygens (including phenoxy) is 1. The van der Waals surface area contributed by atoms with E-state index in [0.717, 1.165) is 31.6 Å². The van der Waals surface area contributed by atoms with E-state index >= 15 is 0 Å². The first-order valence-electron chi connectivity index (χ1n) is 4.85. The minimum atomic E-state index is 0. The fourth-order valence-corrected chi connectivity index (χ4v) is 1.81. The van der Waals surface area contributed by atoms with Crippen molar-refractivity contribution in [1.29, 1.82) is 0 Å². The highest BCUT2D eigenvalue weighted by Gasteiger charge is 2.12. The summed E-state index contributed by atoms with van der Waals surface area (Å²) in [5.41, 5.74) is 8.15. The van der Waals surface area contributed by atoms with Crippen LogP contribution in [-0.2, 0) is 12.8 Å². The monoisotopic (exact) mass is 213 g/mol. The molecule has 1 aliphatic rings. The molecular formula is C11H16ClNO. The van der Waals surface area contributed by atoms with Crippen molar-refractivity contribution in [2.24, 2.45) is 5.73 Å². The van der Waals surface area contributed by atoms with Crippen LogP contribution in [-0.4, -0.2) is 13.2 Å². The average Bonchev–Trinajstić information content (AvgIpc) is 2.19. The van der Waals surface area contributed by atoms with Crippen LogP contribution in [0.25, 0.3) is 0 Å². The number of aryl methyl sites for hydroxylation is 1. The molecule has 0 atom stereocenters. The first-order chi connectivity index (χ1) is 6.42. The molecule has 2 N–H and O–H groups in total. The standard InChI is InChI=1S/C11H15NO.ClH/c12-7-6-10-4-1-3-9-5-2-8-13-11(9)10;/h1,3-4H,2,5-8,12H2;1H. The van der Waals surface area contributed by atoms with E-state index in [0.29, 0.717) is 6.54 Å². The average molecular weight is 214 g/mol. The van der Waals surface area contributed by atoms with Crippen LogP contribution in [0.2, 0.25) is 0 Å². The Morgan fingerprint density at radius 1 is 1.36 bits per heavy atom. The minimum absolute atomic E-state index is 0. The highest BCUT2D eigenvalue weighted by molar-refractivity contribution is 5.85. The molecule has 3 heteroatoms. The summed E-state index contributed by atoms with van der Waals surface area (Å²) in [6.45, 7) is 1.55. The molecule has 0 aliphatic carbocycles. The zero-order valence-corrected chi connectivity index (χ0v) is 8.98. The molecule has 1 heterocycles. The summed E-state index contributed by atoms with van der Waals surface area (Å²) in [5.74, 6) is 1.10. The number of nitrogens with two attached hydrogens (primary N) is 1. The number of rotatable bonds is 2. The summed E-state index contributed by atoms with van der Waals surface area (Å²) in [5, 5.41) is 0. The lowest BCUT2D eigenvalue weighted by Gasteiger charge is -2.19. The van der Waals surface area contributed by atoms with E-state index in [-0.39, 0.29) is 12.4 Å². The summed E-state index contributed by atoms with van der Waals surface area (Å²) in [7, 11) is 0. The van der Waals surface area contributed by atoms with Crippen molar-refractivity contribution in [2.45, 2.75) is 19.3 Å². The van der Waals surface area contributed by atoms with Crippen molar-refractivity contribution in [3.8, 4) is 5.75 Å². The molecule has 78 valence electrons. The van der Waals surface area contributed by atoms with Crippen LogP contribution in [0.1, 0.15) is 17.5 Å². The molecule has 1 aromatic rings. The van der Waals surface area contributed by atoms with E-state index in [4.69, 9.17) is 10.5 Å². The van der Waals surface area contributed by atoms with Crippen molar-refractivity contribution in [3.63, 3.8) is 0 Å². The van der Waals surface area contributed by atoms with Crippen LogP contribution in [0.4, 0.5) is 0 Å². The lowest BCUT2D eigenvalue weighted by Crippen LogP contribution is -2.12. The Labute approximate surface area is 90.9 Å². The molecule has 0 spiro atoms. The van der Waals surface area contributed by atoms with Gasteiger partial charge in [-0.3, -0.25) is 0 Å². The largest absolute Gasteiger partial charge is 0.493 e. The molecule has 0 saturated heterocycles. The zero-order chi connectivity index (χ0) is 9.10. The number of fused-ring (bicyclic) bond motifs is 1. The Bertz CT molecular complexity index is 301. The molecule has 2 rings (SSSR count). The van der Waals surface area contributed by atoms with Gasteiger partial charge in [-0.15, -0.1) is 12.4 Å². The van der Waals surface area contributed by atoms with Gasteiger partial charge in [0.2, 0.25) is 0 Å². The van der Waals surface area contributed by atoms with Gasteiger partial charge in [0.1, 0.15) is 5.75 Å². The number of benzene rings is 1. The quantitative estimate of drug-likeness (QED) is 0.815. The molecule has 2 nitrogen and oxygen atoms in total. The van der Waals surface area contributed by atoms with Gasteiger partial charge in [-0.25, -0.2) is 0 Å². The lowest BCUT2D eigenvalue weighted by atomic mass is 10.0. The fraction of sp³-hybridized carbons (Fsp3) is 0.455. The van der Waals surface area contributed by atoms with Crippen molar-refractivity contribution in [3.05, 3.63) is 29.3 Å². The van der Waals surface area contributed by atoms with E-state index in [1.165, 1.54) is 11.1 Å². The highest BCUT2D eigenvalue weighted by atomic mass is 35.5. The maximum absolute atomic E-state index is 5.65. The fourth-order valence-electron chi connectivity index (χ4n) is 1.81. The number of halogens is 1. The Balaban J connectivity index is 0.000000980. The SMILES string of the molecule is Cl.NCCc1cccc2c1OCCC2. The van der Waals surface area contributed by atoms with Crippen LogP contribution >= 0.6 is 12.4 Å². The van der Waals surface area contributed by atoms with Crippen molar-refractivity contribution in [1.82, 2.24) is 0 Å². The molecule has 0 amide bonds. The second kappa shape index (κ2) is 5.23. The Hall–Kier alpha value is -0.730. The maximum Gasteiger partial charge on any atom is 0.125 e. The summed E-state index contributed by atoms with van der Waals surface area (Å²) in [4.78, 5) is 0. The number of hydrogen-bond donors (Lipinski definition) is 1. The predicted molar refractivity (Wildman–Crippen MR) is 60.3 cm³/mol. The second-order valence-electron chi connectivity index (χ2n) is 3.40. The smallest absolute Gasteiger partial charge is 0.125 e. The van der Waals surface area contributed by atoms with E-state index in [9.17, 15) is 0 Å². The highest BCUT2D eigenvalue weighted by Crippen LogP contribution is 2.28. The molecule has 0 aromatic heterocycles. The molecule has 0 saturated carbocycles.